The van der Waals surface area contributed by atoms with Crippen LogP contribution in [0.3, 0.4) is 0 Å². The molecule has 134 valence electrons. The first-order valence-electron chi connectivity index (χ1n) is 8.84. The maximum Gasteiger partial charge on any atom is 0.0758 e. The summed E-state index contributed by atoms with van der Waals surface area (Å²) in [5.74, 6) is 0. The van der Waals surface area contributed by atoms with Crippen molar-refractivity contribution < 1.29 is 5.21 Å². The molecule has 2 aromatic rings. The highest BCUT2D eigenvalue weighted by atomic mass is 35.5. The van der Waals surface area contributed by atoms with Crippen molar-refractivity contribution in [3.8, 4) is 0 Å². The van der Waals surface area contributed by atoms with E-state index < -0.39 is 0 Å². The molecule has 0 radical (unpaired) electrons. The number of hydrogen-bond donors (Lipinski definition) is 1. The normalized spacial score (nSPS) is 17.6. The van der Waals surface area contributed by atoms with Crippen molar-refractivity contribution in [1.82, 2.24) is 9.78 Å². The molecule has 0 atom stereocenters. The molecule has 1 aromatic carbocycles. The second kappa shape index (κ2) is 7.91. The van der Waals surface area contributed by atoms with E-state index in [0.29, 0.717) is 6.04 Å². The van der Waals surface area contributed by atoms with E-state index in [9.17, 15) is 0 Å². The SMILES string of the molecule is CCn1cc(N(Cc2ccc(C)c(Cl)c2)C2CCC(=NO)CC2)cn1. The fraction of sp³-hybridized carbons (Fsp3) is 0.474. The molecule has 0 saturated heterocycles. The highest BCUT2D eigenvalue weighted by Gasteiger charge is 2.25. The molecule has 0 spiro atoms. The van der Waals surface area contributed by atoms with Crippen LogP contribution in [0.5, 0.6) is 0 Å². The van der Waals surface area contributed by atoms with Crippen molar-refractivity contribution >= 4 is 23.0 Å². The summed E-state index contributed by atoms with van der Waals surface area (Å²) in [6, 6.07) is 6.67. The third-order valence-corrected chi connectivity index (χ3v) is 5.39. The number of benzene rings is 1. The number of halogens is 1. The van der Waals surface area contributed by atoms with Gasteiger partial charge >= 0.3 is 0 Å². The molecule has 1 aliphatic rings. The molecule has 1 fully saturated rings. The van der Waals surface area contributed by atoms with Crippen LogP contribution < -0.4 is 4.90 Å². The Balaban J connectivity index is 1.84. The summed E-state index contributed by atoms with van der Waals surface area (Å²) in [6.45, 7) is 5.76. The molecule has 0 unspecified atom stereocenters. The molecule has 25 heavy (non-hydrogen) atoms. The minimum atomic E-state index is 0.403. The second-order valence-corrected chi connectivity index (χ2v) is 7.07. The Bertz CT molecular complexity index is 746. The standard InChI is InChI=1S/C19H25ClN4O/c1-3-23-13-18(11-21-23)24(17-8-6-16(22-25)7-9-17)12-15-5-4-14(2)19(20)10-15/h4-5,10-11,13,17,25H,3,6-9,12H2,1-2H3. The summed E-state index contributed by atoms with van der Waals surface area (Å²) >= 11 is 6.32. The molecule has 1 aromatic heterocycles. The van der Waals surface area contributed by atoms with Crippen LogP contribution in [-0.4, -0.2) is 26.7 Å². The Hall–Kier alpha value is -2.01. The molecule has 1 N–H and O–H groups in total. The van der Waals surface area contributed by atoms with Crippen molar-refractivity contribution in [2.75, 3.05) is 4.90 Å². The predicted molar refractivity (Wildman–Crippen MR) is 102 cm³/mol. The molecule has 1 saturated carbocycles. The molecular formula is C19H25ClN4O. The third kappa shape index (κ3) is 4.15. The molecule has 1 heterocycles. The molecule has 6 heteroatoms. The highest BCUT2D eigenvalue weighted by Crippen LogP contribution is 2.29. The lowest BCUT2D eigenvalue weighted by molar-refractivity contribution is 0.313. The van der Waals surface area contributed by atoms with Crippen molar-refractivity contribution in [3.05, 3.63) is 46.7 Å². The first kappa shape index (κ1) is 17.8. The van der Waals surface area contributed by atoms with Gasteiger partial charge in [0, 0.05) is 30.4 Å². The van der Waals surface area contributed by atoms with E-state index in [2.05, 4.69) is 46.5 Å². The number of rotatable bonds is 5. The van der Waals surface area contributed by atoms with E-state index in [1.165, 1.54) is 5.56 Å². The zero-order chi connectivity index (χ0) is 17.8. The number of hydrogen-bond acceptors (Lipinski definition) is 4. The lowest BCUT2D eigenvalue weighted by Crippen LogP contribution is -2.37. The first-order valence-corrected chi connectivity index (χ1v) is 9.22. The monoisotopic (exact) mass is 360 g/mol. The highest BCUT2D eigenvalue weighted by molar-refractivity contribution is 6.31. The average molecular weight is 361 g/mol. The van der Waals surface area contributed by atoms with E-state index in [0.717, 1.165) is 60.8 Å². The molecular weight excluding hydrogens is 336 g/mol. The second-order valence-electron chi connectivity index (χ2n) is 6.66. The molecule has 1 aliphatic carbocycles. The molecule has 5 nitrogen and oxygen atoms in total. The van der Waals surface area contributed by atoms with Crippen LogP contribution in [0.1, 0.15) is 43.7 Å². The number of aromatic nitrogens is 2. The van der Waals surface area contributed by atoms with Crippen LogP contribution in [0, 0.1) is 6.92 Å². The van der Waals surface area contributed by atoms with Crippen molar-refractivity contribution in [1.29, 1.82) is 0 Å². The summed E-state index contributed by atoms with van der Waals surface area (Å²) in [4.78, 5) is 2.41. The fourth-order valence-corrected chi connectivity index (χ4v) is 3.59. The predicted octanol–water partition coefficient (Wildman–Crippen LogP) is 4.64. The van der Waals surface area contributed by atoms with Gasteiger partial charge in [-0.1, -0.05) is 28.9 Å². The van der Waals surface area contributed by atoms with Crippen molar-refractivity contribution in [3.63, 3.8) is 0 Å². The quantitative estimate of drug-likeness (QED) is 0.624. The van der Waals surface area contributed by atoms with Gasteiger partial charge in [-0.15, -0.1) is 0 Å². The smallest absolute Gasteiger partial charge is 0.0758 e. The van der Waals surface area contributed by atoms with Crippen LogP contribution >= 0.6 is 11.6 Å². The van der Waals surface area contributed by atoms with Crippen molar-refractivity contribution in [2.24, 2.45) is 5.16 Å². The largest absolute Gasteiger partial charge is 0.411 e. The Kier molecular flexibility index (Phi) is 5.63. The van der Waals surface area contributed by atoms with Crippen LogP contribution in [0.4, 0.5) is 5.69 Å². The van der Waals surface area contributed by atoms with Gasteiger partial charge in [-0.2, -0.15) is 5.10 Å². The lowest BCUT2D eigenvalue weighted by atomic mass is 9.92. The fourth-order valence-electron chi connectivity index (χ4n) is 3.38. The van der Waals surface area contributed by atoms with Gasteiger partial charge in [0.2, 0.25) is 0 Å². The minimum Gasteiger partial charge on any atom is -0.411 e. The number of aryl methyl sites for hydroxylation is 2. The van der Waals surface area contributed by atoms with Gasteiger partial charge in [0.15, 0.2) is 0 Å². The number of nitrogens with zero attached hydrogens (tertiary/aromatic N) is 4. The van der Waals surface area contributed by atoms with Gasteiger partial charge < -0.3 is 10.1 Å². The number of anilines is 1. The van der Waals surface area contributed by atoms with Crippen LogP contribution in [0.25, 0.3) is 0 Å². The summed E-state index contributed by atoms with van der Waals surface area (Å²) in [5.41, 5.74) is 4.32. The first-order chi connectivity index (χ1) is 12.1. The van der Waals surface area contributed by atoms with E-state index in [1.54, 1.807) is 0 Å². The Labute approximate surface area is 153 Å². The van der Waals surface area contributed by atoms with E-state index in [-0.39, 0.29) is 0 Å². The van der Waals surface area contributed by atoms with Gasteiger partial charge in [-0.25, -0.2) is 0 Å². The Morgan fingerprint density at radius 1 is 1.36 bits per heavy atom. The molecule has 3 rings (SSSR count). The van der Waals surface area contributed by atoms with Gasteiger partial charge in [0.1, 0.15) is 0 Å². The summed E-state index contributed by atoms with van der Waals surface area (Å²) in [6.07, 6.45) is 7.69. The van der Waals surface area contributed by atoms with Gasteiger partial charge in [-0.3, -0.25) is 4.68 Å². The summed E-state index contributed by atoms with van der Waals surface area (Å²) < 4.78 is 1.95. The molecule has 0 aliphatic heterocycles. The van der Waals surface area contributed by atoms with Gasteiger partial charge in [-0.05, 0) is 56.7 Å². The van der Waals surface area contributed by atoms with E-state index >= 15 is 0 Å². The van der Waals surface area contributed by atoms with Crippen molar-refractivity contribution in [2.45, 2.75) is 58.7 Å². The zero-order valence-electron chi connectivity index (χ0n) is 14.8. The lowest BCUT2D eigenvalue weighted by Gasteiger charge is -2.35. The summed E-state index contributed by atoms with van der Waals surface area (Å²) in [5, 5.41) is 17.7. The van der Waals surface area contributed by atoms with E-state index in [1.807, 2.05) is 17.8 Å². The number of oxime groups is 1. The Morgan fingerprint density at radius 3 is 2.72 bits per heavy atom. The minimum absolute atomic E-state index is 0.403. The maximum atomic E-state index is 9.01. The van der Waals surface area contributed by atoms with Crippen LogP contribution in [0.15, 0.2) is 35.7 Å². The van der Waals surface area contributed by atoms with Gasteiger partial charge in [0.25, 0.3) is 0 Å². The summed E-state index contributed by atoms with van der Waals surface area (Å²) in [7, 11) is 0. The van der Waals surface area contributed by atoms with Gasteiger partial charge in [0.05, 0.1) is 17.6 Å². The average Bonchev–Trinajstić information content (AvgIpc) is 3.11. The zero-order valence-corrected chi connectivity index (χ0v) is 15.6. The topological polar surface area (TPSA) is 53.7 Å². The van der Waals surface area contributed by atoms with Crippen LogP contribution in [0.2, 0.25) is 5.02 Å². The van der Waals surface area contributed by atoms with E-state index in [4.69, 9.17) is 16.8 Å². The van der Waals surface area contributed by atoms with Crippen LogP contribution in [-0.2, 0) is 13.1 Å². The Morgan fingerprint density at radius 2 is 2.12 bits per heavy atom. The third-order valence-electron chi connectivity index (χ3n) is 4.98. The maximum absolute atomic E-state index is 9.01. The molecule has 0 amide bonds. The molecule has 0 bridgehead atoms.